The number of anilines is 3. The van der Waals surface area contributed by atoms with Crippen LogP contribution in [0.4, 0.5) is 17.1 Å². The van der Waals surface area contributed by atoms with Gasteiger partial charge in [0.05, 0.1) is 20.7 Å². The number of nitrogens with zero attached hydrogens (tertiary/aromatic N) is 1. The molecule has 0 saturated carbocycles. The van der Waals surface area contributed by atoms with Crippen molar-refractivity contribution < 1.29 is 23.2 Å². The molecule has 4 nitrogen and oxygen atoms in total. The molecule has 12 aromatic rings. The molecule has 1 spiro atoms. The molecule has 0 fully saturated rings. The first kappa shape index (κ1) is 29.7. The molecule has 65 heavy (non-hydrogen) atoms. The average Bonchev–Trinajstić information content (AvgIpc) is 4.10. The summed E-state index contributed by atoms with van der Waals surface area (Å²) in [6.07, 6.45) is 0. The van der Waals surface area contributed by atoms with Crippen LogP contribution in [0.1, 0.15) is 31.8 Å². The lowest BCUT2D eigenvalue weighted by Crippen LogP contribution is -2.32. The van der Waals surface area contributed by atoms with Crippen LogP contribution in [0.15, 0.2) is 233 Å². The van der Waals surface area contributed by atoms with Gasteiger partial charge in [-0.2, -0.15) is 0 Å². The third kappa shape index (κ3) is 5.08. The Morgan fingerprint density at radius 3 is 1.91 bits per heavy atom. The molecule has 0 radical (unpaired) electrons. The van der Waals surface area contributed by atoms with E-state index < -0.39 is 29.6 Å². The molecular formula is C61H37NO3. The Hall–Kier alpha value is -8.60. The number of ether oxygens (including phenoxy) is 1. The molecule has 304 valence electrons. The molecule has 0 N–H and O–H groups in total. The van der Waals surface area contributed by atoms with Crippen LogP contribution in [0, 0.1) is 0 Å². The van der Waals surface area contributed by atoms with E-state index in [1.807, 2.05) is 97.1 Å². The number of hydrogen-bond acceptors (Lipinski definition) is 4. The SMILES string of the molecule is [2H]c1c([2H])c([2H])c2c(oc3c([2H])c([2H])c(-c4cc(N(c5ccccc5)c5ccccc5-c5cccc6oc7ccccc7c56)cc5c4Oc4ccccc4C54c5ccccc5-c5ccccc54)c([2H])c32)c1[2H]. The van der Waals surface area contributed by atoms with Gasteiger partial charge in [0.1, 0.15) is 33.8 Å². The highest BCUT2D eigenvalue weighted by Crippen LogP contribution is 2.64. The van der Waals surface area contributed by atoms with Crippen molar-refractivity contribution in [3.8, 4) is 44.9 Å². The van der Waals surface area contributed by atoms with Crippen LogP contribution in [0.2, 0.25) is 0 Å². The van der Waals surface area contributed by atoms with Crippen LogP contribution in [0.5, 0.6) is 11.5 Å². The lowest BCUT2D eigenvalue weighted by Gasteiger charge is -2.41. The maximum absolute atomic E-state index is 10.2. The summed E-state index contributed by atoms with van der Waals surface area (Å²) < 4.78 is 84.3. The maximum atomic E-state index is 10.2. The Morgan fingerprint density at radius 2 is 1.06 bits per heavy atom. The van der Waals surface area contributed by atoms with E-state index in [9.17, 15) is 4.11 Å². The lowest BCUT2D eigenvalue weighted by atomic mass is 9.65. The van der Waals surface area contributed by atoms with Gasteiger partial charge in [-0.1, -0.05) is 158 Å². The molecule has 2 aliphatic rings. The number of benzene rings is 10. The van der Waals surface area contributed by atoms with Gasteiger partial charge in [0.15, 0.2) is 0 Å². The number of furan rings is 2. The Bertz CT molecular complexity index is 4270. The summed E-state index contributed by atoms with van der Waals surface area (Å²) >= 11 is 0. The minimum absolute atomic E-state index is 0.0142. The standard InChI is InChI=1S/C61H37NO3/c1-2-17-39(18-3-1)62(53-28-12-6-21-43(53)45-24-16-32-58-59(45)46-23-8-14-30-55(46)64-58)40-36-47(38-33-34-56-48(35-38)44-22-7-13-29-54(44)63-56)60-52(37-40)61(51-27-11-15-31-57(51)65-60)49-25-9-4-19-41(49)42-20-5-10-26-50(42)61/h1-37H/i7D,13D,22D,29D,33D,34D,35D. The van der Waals surface area contributed by atoms with Crippen LogP contribution < -0.4 is 9.64 Å². The fourth-order valence-electron chi connectivity index (χ4n) is 10.6. The smallest absolute Gasteiger partial charge is 0.140 e. The summed E-state index contributed by atoms with van der Waals surface area (Å²) in [6, 6.07) is 58.7. The molecule has 1 aliphatic heterocycles. The Morgan fingerprint density at radius 1 is 0.415 bits per heavy atom. The van der Waals surface area contributed by atoms with E-state index >= 15 is 0 Å². The number of para-hydroxylation sites is 5. The van der Waals surface area contributed by atoms with Crippen molar-refractivity contribution in [2.75, 3.05) is 4.90 Å². The summed E-state index contributed by atoms with van der Waals surface area (Å²) in [5.41, 5.74) is 10.6. The molecule has 14 rings (SSSR count). The molecule has 0 saturated heterocycles. The molecule has 3 heterocycles. The van der Waals surface area contributed by atoms with Crippen molar-refractivity contribution >= 4 is 60.9 Å². The molecule has 2 aromatic heterocycles. The van der Waals surface area contributed by atoms with Gasteiger partial charge in [-0.15, -0.1) is 0 Å². The Balaban J connectivity index is 1.15. The Kier molecular flexibility index (Phi) is 6.25. The van der Waals surface area contributed by atoms with E-state index in [-0.39, 0.29) is 45.6 Å². The highest BCUT2D eigenvalue weighted by Gasteiger charge is 2.52. The Labute approximate surface area is 384 Å². The van der Waals surface area contributed by atoms with Gasteiger partial charge in [-0.3, -0.25) is 0 Å². The van der Waals surface area contributed by atoms with Crippen LogP contribution in [-0.4, -0.2) is 0 Å². The first-order valence-corrected chi connectivity index (χ1v) is 21.6. The predicted molar refractivity (Wildman–Crippen MR) is 264 cm³/mol. The van der Waals surface area contributed by atoms with Crippen LogP contribution in [0.3, 0.4) is 0 Å². The monoisotopic (exact) mass is 838 g/mol. The van der Waals surface area contributed by atoms with Crippen molar-refractivity contribution in [2.45, 2.75) is 5.41 Å². The highest BCUT2D eigenvalue weighted by atomic mass is 16.5. The van der Waals surface area contributed by atoms with Gasteiger partial charge in [0.25, 0.3) is 0 Å². The van der Waals surface area contributed by atoms with Gasteiger partial charge in [0.2, 0.25) is 0 Å². The number of fused-ring (bicyclic) bond motifs is 15. The second-order valence-corrected chi connectivity index (χ2v) is 16.5. The number of hydrogen-bond donors (Lipinski definition) is 0. The summed E-state index contributed by atoms with van der Waals surface area (Å²) in [7, 11) is 0. The minimum atomic E-state index is -0.995. The maximum Gasteiger partial charge on any atom is 0.140 e. The van der Waals surface area contributed by atoms with Crippen LogP contribution in [-0.2, 0) is 5.41 Å². The van der Waals surface area contributed by atoms with Gasteiger partial charge >= 0.3 is 0 Å². The summed E-state index contributed by atoms with van der Waals surface area (Å²) in [5.74, 6) is 0.972. The second kappa shape index (κ2) is 13.7. The van der Waals surface area contributed by atoms with Gasteiger partial charge in [-0.25, -0.2) is 0 Å². The van der Waals surface area contributed by atoms with Crippen molar-refractivity contribution in [3.05, 3.63) is 247 Å². The average molecular weight is 839 g/mol. The molecular weight excluding hydrogens is 795 g/mol. The zero-order valence-electron chi connectivity index (χ0n) is 41.5. The van der Waals surface area contributed by atoms with E-state index in [2.05, 4.69) is 89.8 Å². The molecule has 4 heteroatoms. The summed E-state index contributed by atoms with van der Waals surface area (Å²) in [6.45, 7) is 0. The third-order valence-electron chi connectivity index (χ3n) is 13.2. The van der Waals surface area contributed by atoms with Crippen molar-refractivity contribution in [1.29, 1.82) is 0 Å². The van der Waals surface area contributed by atoms with E-state index in [0.29, 0.717) is 22.7 Å². The van der Waals surface area contributed by atoms with Gasteiger partial charge in [-0.05, 0) is 100 Å². The largest absolute Gasteiger partial charge is 0.456 e. The first-order chi connectivity index (χ1) is 35.2. The van der Waals surface area contributed by atoms with E-state index in [1.54, 1.807) is 0 Å². The quantitative estimate of drug-likeness (QED) is 0.173. The molecule has 0 unspecified atom stereocenters. The molecule has 0 bridgehead atoms. The second-order valence-electron chi connectivity index (χ2n) is 16.5. The summed E-state index contributed by atoms with van der Waals surface area (Å²) in [4.78, 5) is 2.19. The third-order valence-corrected chi connectivity index (χ3v) is 13.2. The molecule has 0 atom stereocenters. The zero-order chi connectivity index (χ0) is 48.7. The molecule has 10 aromatic carbocycles. The minimum Gasteiger partial charge on any atom is -0.456 e. The predicted octanol–water partition coefficient (Wildman–Crippen LogP) is 16.8. The van der Waals surface area contributed by atoms with E-state index in [0.717, 1.165) is 77.8 Å². The first-order valence-electron chi connectivity index (χ1n) is 25.1. The van der Waals surface area contributed by atoms with Crippen LogP contribution >= 0.6 is 0 Å². The normalized spacial score (nSPS) is 14.7. The number of rotatable bonds is 5. The van der Waals surface area contributed by atoms with E-state index in [4.69, 9.17) is 19.1 Å². The van der Waals surface area contributed by atoms with Gasteiger partial charge in [0, 0.05) is 55.2 Å². The summed E-state index contributed by atoms with van der Waals surface area (Å²) in [5, 5.41) is 1.95. The van der Waals surface area contributed by atoms with Crippen molar-refractivity contribution in [3.63, 3.8) is 0 Å². The fourth-order valence-corrected chi connectivity index (χ4v) is 10.6. The zero-order valence-corrected chi connectivity index (χ0v) is 34.5. The van der Waals surface area contributed by atoms with Crippen molar-refractivity contribution in [1.82, 2.24) is 0 Å². The fraction of sp³-hybridized carbons (Fsp3) is 0.0164. The molecule has 1 aliphatic carbocycles. The van der Waals surface area contributed by atoms with Crippen LogP contribution in [0.25, 0.3) is 77.3 Å². The lowest BCUT2D eigenvalue weighted by molar-refractivity contribution is 0.438. The van der Waals surface area contributed by atoms with E-state index in [1.165, 1.54) is 0 Å². The van der Waals surface area contributed by atoms with Crippen molar-refractivity contribution in [2.24, 2.45) is 0 Å². The highest BCUT2D eigenvalue weighted by molar-refractivity contribution is 6.14. The molecule has 0 amide bonds. The topological polar surface area (TPSA) is 38.8 Å². The van der Waals surface area contributed by atoms with Gasteiger partial charge < -0.3 is 18.5 Å².